The number of hydrogen-bond donors (Lipinski definition) is 2. The van der Waals surface area contributed by atoms with E-state index in [1.165, 1.54) is 11.8 Å². The molecule has 1 aromatic carbocycles. The molecule has 1 atom stereocenters. The number of unbranched alkanes of at least 4 members (excludes halogenated alkanes) is 1. The van der Waals surface area contributed by atoms with Crippen LogP contribution in [-0.4, -0.2) is 64.6 Å². The van der Waals surface area contributed by atoms with E-state index in [0.29, 0.717) is 18.1 Å². The van der Waals surface area contributed by atoms with E-state index < -0.39 is 0 Å². The first kappa shape index (κ1) is 22.5. The van der Waals surface area contributed by atoms with Crippen LogP contribution in [0.5, 0.6) is 0 Å². The van der Waals surface area contributed by atoms with Crippen LogP contribution in [0.25, 0.3) is 0 Å². The zero-order chi connectivity index (χ0) is 21.5. The van der Waals surface area contributed by atoms with E-state index in [4.69, 9.17) is 4.42 Å². The number of aliphatic hydroxyl groups excluding tert-OH is 1. The van der Waals surface area contributed by atoms with Crippen molar-refractivity contribution >= 4 is 11.6 Å². The number of aliphatic hydroxyl groups is 1. The molecule has 2 N–H and O–H groups in total. The van der Waals surface area contributed by atoms with Gasteiger partial charge in [0.05, 0.1) is 12.6 Å². The van der Waals surface area contributed by atoms with Crippen molar-refractivity contribution in [3.05, 3.63) is 47.2 Å². The van der Waals surface area contributed by atoms with Crippen LogP contribution in [0.2, 0.25) is 0 Å². The standard InChI is InChI=1S/C23H34N4O3/c1-4-5-6-20(28)14-26-9-11-27(12-10-26)15-22-25-21(16-30-22)23(29)24-19-8-7-17(2)18(3)13-19/h7-8,13,16,20,28H,4-6,9-12,14-15H2,1-3H3,(H,24,29)/t20-/m0/s1. The van der Waals surface area contributed by atoms with Gasteiger partial charge >= 0.3 is 0 Å². The Morgan fingerprint density at radius 3 is 2.63 bits per heavy atom. The molecular weight excluding hydrogens is 380 g/mol. The third-order valence-electron chi connectivity index (χ3n) is 5.73. The Bertz CT molecular complexity index is 828. The lowest BCUT2D eigenvalue weighted by atomic mass is 10.1. The van der Waals surface area contributed by atoms with Gasteiger partial charge in [-0.15, -0.1) is 0 Å². The van der Waals surface area contributed by atoms with E-state index in [1.54, 1.807) is 0 Å². The van der Waals surface area contributed by atoms with Crippen LogP contribution in [0.15, 0.2) is 28.9 Å². The minimum absolute atomic E-state index is 0.235. The smallest absolute Gasteiger partial charge is 0.277 e. The first-order valence-corrected chi connectivity index (χ1v) is 10.9. The molecule has 1 saturated heterocycles. The molecule has 1 aliphatic rings. The molecule has 164 valence electrons. The predicted molar refractivity (Wildman–Crippen MR) is 118 cm³/mol. The summed E-state index contributed by atoms with van der Waals surface area (Å²) >= 11 is 0. The first-order valence-electron chi connectivity index (χ1n) is 10.9. The minimum atomic E-state index is -0.265. The van der Waals surface area contributed by atoms with Gasteiger partial charge in [0, 0.05) is 38.4 Å². The summed E-state index contributed by atoms with van der Waals surface area (Å²) in [7, 11) is 0. The second kappa shape index (κ2) is 10.7. The number of anilines is 1. The van der Waals surface area contributed by atoms with Gasteiger partial charge in [-0.3, -0.25) is 14.6 Å². The van der Waals surface area contributed by atoms with Crippen LogP contribution in [0.3, 0.4) is 0 Å². The SMILES string of the molecule is CCCC[C@H](O)CN1CCN(Cc2nc(C(=O)Nc3ccc(C)c(C)c3)co2)CC1. The molecule has 0 aliphatic carbocycles. The summed E-state index contributed by atoms with van der Waals surface area (Å²) in [6.45, 7) is 11.2. The number of piperazine rings is 1. The van der Waals surface area contributed by atoms with Crippen molar-refractivity contribution in [3.8, 4) is 0 Å². The highest BCUT2D eigenvalue weighted by Crippen LogP contribution is 2.16. The van der Waals surface area contributed by atoms with Gasteiger partial charge in [0.2, 0.25) is 5.89 Å². The molecule has 3 rings (SSSR count). The fourth-order valence-corrected chi connectivity index (χ4v) is 3.65. The minimum Gasteiger partial charge on any atom is -0.447 e. The number of aryl methyl sites for hydroxylation is 2. The van der Waals surface area contributed by atoms with Crippen molar-refractivity contribution in [1.82, 2.24) is 14.8 Å². The van der Waals surface area contributed by atoms with Crippen LogP contribution in [0.1, 0.15) is 53.7 Å². The van der Waals surface area contributed by atoms with Crippen LogP contribution in [0.4, 0.5) is 5.69 Å². The Labute approximate surface area is 179 Å². The average molecular weight is 415 g/mol. The number of hydrogen-bond acceptors (Lipinski definition) is 6. The average Bonchev–Trinajstić information content (AvgIpc) is 3.19. The number of aromatic nitrogens is 1. The van der Waals surface area contributed by atoms with Crippen LogP contribution in [-0.2, 0) is 6.54 Å². The molecule has 1 fully saturated rings. The van der Waals surface area contributed by atoms with Crippen LogP contribution < -0.4 is 5.32 Å². The third kappa shape index (κ3) is 6.39. The molecule has 0 unspecified atom stereocenters. The highest BCUT2D eigenvalue weighted by molar-refractivity contribution is 6.02. The van der Waals surface area contributed by atoms with Crippen LogP contribution >= 0.6 is 0 Å². The summed E-state index contributed by atoms with van der Waals surface area (Å²) in [5.74, 6) is 0.288. The van der Waals surface area contributed by atoms with E-state index in [-0.39, 0.29) is 12.0 Å². The van der Waals surface area contributed by atoms with E-state index in [1.807, 2.05) is 32.0 Å². The molecule has 0 radical (unpaired) electrons. The second-order valence-corrected chi connectivity index (χ2v) is 8.25. The predicted octanol–water partition coefficient (Wildman–Crippen LogP) is 3.21. The number of amides is 1. The van der Waals surface area contributed by atoms with Gasteiger partial charge in [0.15, 0.2) is 5.69 Å². The summed E-state index contributed by atoms with van der Waals surface area (Å²) in [4.78, 5) is 21.4. The first-order chi connectivity index (χ1) is 14.4. The molecule has 0 spiro atoms. The molecule has 1 aromatic heterocycles. The fourth-order valence-electron chi connectivity index (χ4n) is 3.65. The molecule has 7 heteroatoms. The van der Waals surface area contributed by atoms with Crippen molar-refractivity contribution in [2.75, 3.05) is 38.0 Å². The summed E-state index contributed by atoms with van der Waals surface area (Å²) in [5.41, 5.74) is 3.36. The van der Waals surface area contributed by atoms with Crippen molar-refractivity contribution in [1.29, 1.82) is 0 Å². The van der Waals surface area contributed by atoms with Crippen molar-refractivity contribution < 1.29 is 14.3 Å². The van der Waals surface area contributed by atoms with Gasteiger partial charge in [-0.05, 0) is 43.5 Å². The molecule has 2 heterocycles. The lowest BCUT2D eigenvalue weighted by Gasteiger charge is -2.35. The van der Waals surface area contributed by atoms with Crippen molar-refractivity contribution in [2.45, 2.75) is 52.7 Å². The van der Waals surface area contributed by atoms with Crippen LogP contribution in [0, 0.1) is 13.8 Å². The van der Waals surface area contributed by atoms with Gasteiger partial charge < -0.3 is 14.8 Å². The molecule has 2 aromatic rings. The Hall–Kier alpha value is -2.22. The summed E-state index contributed by atoms with van der Waals surface area (Å²) in [6.07, 6.45) is 4.25. The van der Waals surface area contributed by atoms with E-state index >= 15 is 0 Å². The maximum absolute atomic E-state index is 12.5. The number of carbonyl (C=O) groups excluding carboxylic acids is 1. The number of nitrogens with zero attached hydrogens (tertiary/aromatic N) is 3. The Morgan fingerprint density at radius 2 is 1.93 bits per heavy atom. The molecule has 30 heavy (non-hydrogen) atoms. The quantitative estimate of drug-likeness (QED) is 0.656. The Morgan fingerprint density at radius 1 is 1.20 bits per heavy atom. The molecule has 1 aliphatic heterocycles. The summed E-state index contributed by atoms with van der Waals surface area (Å²) in [6, 6.07) is 5.83. The molecule has 1 amide bonds. The zero-order valence-electron chi connectivity index (χ0n) is 18.4. The monoisotopic (exact) mass is 414 g/mol. The number of nitrogens with one attached hydrogen (secondary N) is 1. The zero-order valence-corrected chi connectivity index (χ0v) is 18.4. The van der Waals surface area contributed by atoms with Gasteiger partial charge in [0.25, 0.3) is 5.91 Å². The highest BCUT2D eigenvalue weighted by atomic mass is 16.3. The lowest BCUT2D eigenvalue weighted by Crippen LogP contribution is -2.48. The topological polar surface area (TPSA) is 81.8 Å². The van der Waals surface area contributed by atoms with Gasteiger partial charge in [-0.1, -0.05) is 25.8 Å². The van der Waals surface area contributed by atoms with Gasteiger partial charge in [-0.2, -0.15) is 0 Å². The lowest BCUT2D eigenvalue weighted by molar-refractivity contribution is 0.0627. The Kier molecular flexibility index (Phi) is 8.01. The van der Waals surface area contributed by atoms with Crippen molar-refractivity contribution in [2.24, 2.45) is 0 Å². The summed E-state index contributed by atoms with van der Waals surface area (Å²) < 4.78 is 5.54. The van der Waals surface area contributed by atoms with Gasteiger partial charge in [0.1, 0.15) is 6.26 Å². The van der Waals surface area contributed by atoms with E-state index in [9.17, 15) is 9.90 Å². The Balaban J connectivity index is 1.45. The summed E-state index contributed by atoms with van der Waals surface area (Å²) in [5, 5.41) is 13.0. The second-order valence-electron chi connectivity index (χ2n) is 8.25. The van der Waals surface area contributed by atoms with Crippen molar-refractivity contribution in [3.63, 3.8) is 0 Å². The third-order valence-corrected chi connectivity index (χ3v) is 5.73. The number of carbonyl (C=O) groups is 1. The molecule has 0 bridgehead atoms. The normalized spacial score (nSPS) is 16.5. The largest absolute Gasteiger partial charge is 0.447 e. The van der Waals surface area contributed by atoms with Gasteiger partial charge in [-0.25, -0.2) is 4.98 Å². The molecule has 0 saturated carbocycles. The highest BCUT2D eigenvalue weighted by Gasteiger charge is 2.21. The number of rotatable bonds is 9. The molecule has 7 nitrogen and oxygen atoms in total. The van der Waals surface area contributed by atoms with E-state index in [0.717, 1.165) is 63.2 Å². The number of oxazole rings is 1. The number of β-amino-alcohol motifs (C(OH)–C–C–N with tert-alkyl or cyclic N) is 1. The molecular formula is C23H34N4O3. The maximum atomic E-state index is 12.5. The number of benzene rings is 1. The van der Waals surface area contributed by atoms with E-state index in [2.05, 4.69) is 27.0 Å². The fraction of sp³-hybridized carbons (Fsp3) is 0.565. The maximum Gasteiger partial charge on any atom is 0.277 e.